The third-order valence-electron chi connectivity index (χ3n) is 2.75. The minimum absolute atomic E-state index is 0.0457. The van der Waals surface area contributed by atoms with Crippen molar-refractivity contribution in [2.75, 3.05) is 16.3 Å². The SMILES string of the molecule is CS(=O)(=O)Nc1cn(CC(=O)Nc2ccc3ocnc3c2)nn1. The topological polar surface area (TPSA) is 132 Å². The molecule has 10 nitrogen and oxygen atoms in total. The van der Waals surface area contributed by atoms with E-state index in [4.69, 9.17) is 4.42 Å². The molecule has 0 aliphatic heterocycles. The van der Waals surface area contributed by atoms with E-state index in [1.807, 2.05) is 0 Å². The number of nitrogens with zero attached hydrogens (tertiary/aromatic N) is 4. The molecule has 3 rings (SSSR count). The van der Waals surface area contributed by atoms with Crippen LogP contribution < -0.4 is 10.0 Å². The molecule has 0 saturated heterocycles. The highest BCUT2D eigenvalue weighted by molar-refractivity contribution is 7.92. The molecule has 0 bridgehead atoms. The molecule has 0 unspecified atom stereocenters. The van der Waals surface area contributed by atoms with Gasteiger partial charge in [-0.1, -0.05) is 5.21 Å². The maximum atomic E-state index is 12.0. The average Bonchev–Trinajstić information content (AvgIpc) is 3.05. The van der Waals surface area contributed by atoms with Gasteiger partial charge in [0.1, 0.15) is 12.1 Å². The zero-order valence-electron chi connectivity index (χ0n) is 11.9. The van der Waals surface area contributed by atoms with Crippen molar-refractivity contribution < 1.29 is 17.6 Å². The standard InChI is InChI=1S/C12H12N6O4S/c1-23(20,21)16-11-5-18(17-15-11)6-12(19)14-8-2-3-10-9(4-8)13-7-22-10/h2-5,7,16H,6H2,1H3,(H,14,19). The van der Waals surface area contributed by atoms with Gasteiger partial charge in [0.2, 0.25) is 15.9 Å². The van der Waals surface area contributed by atoms with Gasteiger partial charge >= 0.3 is 0 Å². The molecule has 1 aromatic carbocycles. The summed E-state index contributed by atoms with van der Waals surface area (Å²) in [6.45, 7) is -0.116. The van der Waals surface area contributed by atoms with Crippen LogP contribution in [0.4, 0.5) is 11.5 Å². The number of rotatable bonds is 5. The molecule has 11 heteroatoms. The number of anilines is 2. The summed E-state index contributed by atoms with van der Waals surface area (Å²) in [5, 5.41) is 9.97. The third kappa shape index (κ3) is 3.83. The molecule has 0 atom stereocenters. The number of nitrogens with one attached hydrogen (secondary N) is 2. The lowest BCUT2D eigenvalue weighted by molar-refractivity contribution is -0.116. The van der Waals surface area contributed by atoms with Gasteiger partial charge in [-0.2, -0.15) is 0 Å². The van der Waals surface area contributed by atoms with Crippen LogP contribution in [-0.2, 0) is 21.4 Å². The van der Waals surface area contributed by atoms with E-state index in [0.717, 1.165) is 6.26 Å². The lowest BCUT2D eigenvalue weighted by Gasteiger charge is -2.04. The van der Waals surface area contributed by atoms with Gasteiger partial charge in [0.25, 0.3) is 0 Å². The van der Waals surface area contributed by atoms with E-state index in [0.29, 0.717) is 16.8 Å². The number of fused-ring (bicyclic) bond motifs is 1. The lowest BCUT2D eigenvalue weighted by Crippen LogP contribution is -2.19. The largest absolute Gasteiger partial charge is 0.443 e. The number of sulfonamides is 1. The predicted molar refractivity (Wildman–Crippen MR) is 81.1 cm³/mol. The van der Waals surface area contributed by atoms with Gasteiger partial charge in [-0.05, 0) is 18.2 Å². The van der Waals surface area contributed by atoms with Crippen LogP contribution >= 0.6 is 0 Å². The molecule has 3 aromatic rings. The Morgan fingerprint density at radius 3 is 3.00 bits per heavy atom. The van der Waals surface area contributed by atoms with E-state index < -0.39 is 10.0 Å². The van der Waals surface area contributed by atoms with Crippen LogP contribution in [0.15, 0.2) is 35.2 Å². The van der Waals surface area contributed by atoms with Gasteiger partial charge in [0.15, 0.2) is 17.8 Å². The average molecular weight is 336 g/mol. The molecule has 0 aliphatic carbocycles. The Hall–Kier alpha value is -2.95. The monoisotopic (exact) mass is 336 g/mol. The quantitative estimate of drug-likeness (QED) is 0.690. The maximum absolute atomic E-state index is 12.0. The molecule has 2 N–H and O–H groups in total. The van der Waals surface area contributed by atoms with Gasteiger partial charge in [-0.25, -0.2) is 18.1 Å². The molecule has 0 aliphatic rings. The van der Waals surface area contributed by atoms with E-state index in [1.54, 1.807) is 18.2 Å². The van der Waals surface area contributed by atoms with Crippen molar-refractivity contribution in [2.24, 2.45) is 0 Å². The number of amides is 1. The first-order valence-corrected chi connectivity index (χ1v) is 8.29. The zero-order valence-corrected chi connectivity index (χ0v) is 12.7. The predicted octanol–water partition coefficient (Wildman–Crippen LogP) is 0.429. The Morgan fingerprint density at radius 2 is 2.22 bits per heavy atom. The Kier molecular flexibility index (Phi) is 3.70. The number of hydrogen-bond donors (Lipinski definition) is 2. The van der Waals surface area contributed by atoms with Crippen LogP contribution in [0.5, 0.6) is 0 Å². The summed E-state index contributed by atoms with van der Waals surface area (Å²) in [5.74, 6) is -0.298. The summed E-state index contributed by atoms with van der Waals surface area (Å²) in [4.78, 5) is 16.0. The Morgan fingerprint density at radius 1 is 1.39 bits per heavy atom. The molecule has 1 amide bonds. The van der Waals surface area contributed by atoms with Gasteiger partial charge in [-0.3, -0.25) is 9.52 Å². The number of aromatic nitrogens is 4. The maximum Gasteiger partial charge on any atom is 0.246 e. The van der Waals surface area contributed by atoms with E-state index in [1.165, 1.54) is 17.3 Å². The van der Waals surface area contributed by atoms with Crippen LogP contribution in [0.3, 0.4) is 0 Å². The summed E-state index contributed by atoms with van der Waals surface area (Å²) in [5.41, 5.74) is 1.81. The van der Waals surface area contributed by atoms with Crippen molar-refractivity contribution >= 4 is 38.5 Å². The fraction of sp³-hybridized carbons (Fsp3) is 0.167. The number of benzene rings is 1. The second-order valence-corrected chi connectivity index (χ2v) is 6.51. The van der Waals surface area contributed by atoms with Crippen molar-refractivity contribution in [2.45, 2.75) is 6.54 Å². The number of carbonyl (C=O) groups is 1. The second kappa shape index (κ2) is 5.68. The second-order valence-electron chi connectivity index (χ2n) is 4.76. The van der Waals surface area contributed by atoms with Gasteiger partial charge in [0, 0.05) is 5.69 Å². The number of hydrogen-bond acceptors (Lipinski definition) is 7. The lowest BCUT2D eigenvalue weighted by atomic mass is 10.3. The fourth-order valence-electron chi connectivity index (χ4n) is 1.90. The molecular formula is C12H12N6O4S. The summed E-state index contributed by atoms with van der Waals surface area (Å²) >= 11 is 0. The molecule has 23 heavy (non-hydrogen) atoms. The van der Waals surface area contributed by atoms with E-state index in [9.17, 15) is 13.2 Å². The van der Waals surface area contributed by atoms with E-state index in [-0.39, 0.29) is 18.3 Å². The van der Waals surface area contributed by atoms with Crippen LogP contribution in [0, 0.1) is 0 Å². The molecule has 0 saturated carbocycles. The summed E-state index contributed by atoms with van der Waals surface area (Å²) < 4.78 is 30.7. The Bertz CT molecular complexity index is 961. The van der Waals surface area contributed by atoms with Crippen LogP contribution in [0.25, 0.3) is 11.1 Å². The molecule has 2 aromatic heterocycles. The summed E-state index contributed by atoms with van der Waals surface area (Å²) in [7, 11) is -3.44. The number of carbonyl (C=O) groups excluding carboxylic acids is 1. The molecule has 2 heterocycles. The fourth-order valence-corrected chi connectivity index (χ4v) is 2.37. The first-order valence-electron chi connectivity index (χ1n) is 6.40. The minimum Gasteiger partial charge on any atom is -0.443 e. The molecular weight excluding hydrogens is 324 g/mol. The van der Waals surface area contributed by atoms with Crippen molar-refractivity contribution in [3.63, 3.8) is 0 Å². The van der Waals surface area contributed by atoms with Gasteiger partial charge in [-0.15, -0.1) is 5.10 Å². The van der Waals surface area contributed by atoms with Crippen LogP contribution in [-0.4, -0.2) is 40.6 Å². The Labute approximate surface area is 130 Å². The molecule has 0 radical (unpaired) electrons. The normalized spacial score (nSPS) is 11.5. The van der Waals surface area contributed by atoms with Crippen molar-refractivity contribution in [3.05, 3.63) is 30.8 Å². The smallest absolute Gasteiger partial charge is 0.246 e. The van der Waals surface area contributed by atoms with Crippen LogP contribution in [0.1, 0.15) is 0 Å². The highest BCUT2D eigenvalue weighted by Gasteiger charge is 2.10. The Balaban J connectivity index is 1.65. The zero-order chi connectivity index (χ0) is 16.4. The van der Waals surface area contributed by atoms with E-state index in [2.05, 4.69) is 25.3 Å². The molecule has 0 fully saturated rings. The van der Waals surface area contributed by atoms with E-state index >= 15 is 0 Å². The van der Waals surface area contributed by atoms with Gasteiger partial charge in [0.05, 0.1) is 12.5 Å². The minimum atomic E-state index is -3.44. The summed E-state index contributed by atoms with van der Waals surface area (Å²) in [6, 6.07) is 5.06. The molecule has 120 valence electrons. The summed E-state index contributed by atoms with van der Waals surface area (Å²) in [6.07, 6.45) is 3.64. The third-order valence-corrected chi connectivity index (χ3v) is 3.33. The first-order chi connectivity index (χ1) is 10.9. The molecule has 0 spiro atoms. The van der Waals surface area contributed by atoms with Crippen molar-refractivity contribution in [1.29, 1.82) is 0 Å². The van der Waals surface area contributed by atoms with Crippen molar-refractivity contribution in [3.8, 4) is 0 Å². The highest BCUT2D eigenvalue weighted by Crippen LogP contribution is 2.17. The van der Waals surface area contributed by atoms with Gasteiger partial charge < -0.3 is 9.73 Å². The van der Waals surface area contributed by atoms with Crippen molar-refractivity contribution in [1.82, 2.24) is 20.0 Å². The van der Waals surface area contributed by atoms with Crippen LogP contribution in [0.2, 0.25) is 0 Å². The number of oxazole rings is 1. The highest BCUT2D eigenvalue weighted by atomic mass is 32.2. The first kappa shape index (κ1) is 15.0.